The number of aryl methyl sites for hydroxylation is 1. The number of likely N-dealkylation sites (tertiary alicyclic amines) is 1. The monoisotopic (exact) mass is 370 g/mol. The molecule has 140 valence electrons. The number of rotatable bonds is 4. The second-order valence-corrected chi connectivity index (χ2v) is 8.83. The summed E-state index contributed by atoms with van der Waals surface area (Å²) in [7, 11) is -1.28. The van der Waals surface area contributed by atoms with Gasteiger partial charge >= 0.3 is 0 Å². The Morgan fingerprint density at radius 3 is 2.16 bits per heavy atom. The van der Waals surface area contributed by atoms with Crippen molar-refractivity contribution in [2.75, 3.05) is 32.4 Å². The van der Waals surface area contributed by atoms with Gasteiger partial charge in [-0.3, -0.25) is 4.79 Å². The standard InChI is InChI=1S/C16H26N4O4S/c1-18-12-7-17-15(18)16(21)19-8-3-13(4-9-19)24-14-5-10-20(11-6-14)25(2,22)23/h7,12-14H,3-6,8-11H2,1-2H3. The Bertz CT molecular complexity index is 701. The quantitative estimate of drug-likeness (QED) is 0.769. The van der Waals surface area contributed by atoms with Gasteiger partial charge in [-0.05, 0) is 25.7 Å². The Hall–Kier alpha value is -1.45. The van der Waals surface area contributed by atoms with Gasteiger partial charge in [0.25, 0.3) is 5.91 Å². The van der Waals surface area contributed by atoms with Gasteiger partial charge in [0, 0.05) is 45.6 Å². The molecule has 2 aliphatic rings. The van der Waals surface area contributed by atoms with Crippen LogP contribution in [0.4, 0.5) is 0 Å². The molecule has 0 bridgehead atoms. The van der Waals surface area contributed by atoms with Crippen molar-refractivity contribution in [1.82, 2.24) is 18.8 Å². The lowest BCUT2D eigenvalue weighted by atomic mass is 10.1. The van der Waals surface area contributed by atoms with Crippen molar-refractivity contribution in [1.29, 1.82) is 0 Å². The smallest absolute Gasteiger partial charge is 0.289 e. The highest BCUT2D eigenvalue weighted by atomic mass is 32.2. The number of hydrogen-bond acceptors (Lipinski definition) is 5. The SMILES string of the molecule is Cn1ccnc1C(=O)N1CCC(OC2CCN(S(C)(=O)=O)CC2)CC1. The summed E-state index contributed by atoms with van der Waals surface area (Å²) in [4.78, 5) is 18.4. The van der Waals surface area contributed by atoms with Crippen molar-refractivity contribution in [3.63, 3.8) is 0 Å². The van der Waals surface area contributed by atoms with E-state index in [9.17, 15) is 13.2 Å². The normalized spacial score (nSPS) is 21.6. The predicted octanol–water partition coefficient (Wildman–Crippen LogP) is 0.465. The zero-order valence-corrected chi connectivity index (χ0v) is 15.6. The molecule has 1 aromatic heterocycles. The molecule has 2 saturated heterocycles. The zero-order chi connectivity index (χ0) is 18.0. The highest BCUT2D eigenvalue weighted by Gasteiger charge is 2.30. The van der Waals surface area contributed by atoms with Crippen LogP contribution in [-0.4, -0.2) is 77.7 Å². The number of ether oxygens (including phenoxy) is 1. The lowest BCUT2D eigenvalue weighted by molar-refractivity contribution is -0.0558. The number of imidazole rings is 1. The second kappa shape index (κ2) is 7.43. The first-order valence-corrected chi connectivity index (χ1v) is 10.6. The lowest BCUT2D eigenvalue weighted by Gasteiger charge is -2.36. The van der Waals surface area contributed by atoms with E-state index in [1.165, 1.54) is 10.6 Å². The number of nitrogens with zero attached hydrogens (tertiary/aromatic N) is 4. The first-order chi connectivity index (χ1) is 11.8. The van der Waals surface area contributed by atoms with Crippen LogP contribution < -0.4 is 0 Å². The van der Waals surface area contributed by atoms with Gasteiger partial charge in [-0.25, -0.2) is 17.7 Å². The number of piperidine rings is 2. The van der Waals surface area contributed by atoms with E-state index in [0.717, 1.165) is 25.7 Å². The predicted molar refractivity (Wildman–Crippen MR) is 92.7 cm³/mol. The van der Waals surface area contributed by atoms with Crippen LogP contribution >= 0.6 is 0 Å². The summed E-state index contributed by atoms with van der Waals surface area (Å²) in [5.41, 5.74) is 0. The van der Waals surface area contributed by atoms with Gasteiger partial charge in [0.1, 0.15) is 0 Å². The molecule has 8 nitrogen and oxygen atoms in total. The fourth-order valence-electron chi connectivity index (χ4n) is 3.48. The van der Waals surface area contributed by atoms with E-state index < -0.39 is 10.0 Å². The van der Waals surface area contributed by atoms with Gasteiger partial charge in [0.05, 0.1) is 18.5 Å². The van der Waals surface area contributed by atoms with Crippen LogP contribution in [0.2, 0.25) is 0 Å². The van der Waals surface area contributed by atoms with Crippen LogP contribution in [0, 0.1) is 0 Å². The Morgan fingerprint density at radius 2 is 1.68 bits per heavy atom. The fourth-order valence-corrected chi connectivity index (χ4v) is 4.35. The topological polar surface area (TPSA) is 84.7 Å². The molecular weight excluding hydrogens is 344 g/mol. The third-order valence-corrected chi connectivity index (χ3v) is 6.30. The van der Waals surface area contributed by atoms with Crippen molar-refractivity contribution >= 4 is 15.9 Å². The summed E-state index contributed by atoms with van der Waals surface area (Å²) in [6, 6.07) is 0. The highest BCUT2D eigenvalue weighted by Crippen LogP contribution is 2.22. The number of amides is 1. The van der Waals surface area contributed by atoms with Gasteiger partial charge in [0.2, 0.25) is 10.0 Å². The summed E-state index contributed by atoms with van der Waals surface area (Å²) in [5.74, 6) is 0.430. The Morgan fingerprint density at radius 1 is 1.12 bits per heavy atom. The number of hydrogen-bond donors (Lipinski definition) is 0. The molecule has 0 N–H and O–H groups in total. The van der Waals surface area contributed by atoms with E-state index in [1.807, 2.05) is 11.9 Å². The highest BCUT2D eigenvalue weighted by molar-refractivity contribution is 7.88. The number of sulfonamides is 1. The summed E-state index contributed by atoms with van der Waals surface area (Å²) >= 11 is 0. The Kier molecular flexibility index (Phi) is 5.45. The van der Waals surface area contributed by atoms with Gasteiger partial charge in [-0.15, -0.1) is 0 Å². The average molecular weight is 370 g/mol. The molecular formula is C16H26N4O4S. The first-order valence-electron chi connectivity index (χ1n) is 8.72. The molecule has 2 fully saturated rings. The first kappa shape index (κ1) is 18.3. The van der Waals surface area contributed by atoms with Crippen LogP contribution in [0.3, 0.4) is 0 Å². The number of aromatic nitrogens is 2. The average Bonchev–Trinajstić information content (AvgIpc) is 3.01. The number of carbonyl (C=O) groups is 1. The van der Waals surface area contributed by atoms with Crippen LogP contribution in [0.15, 0.2) is 12.4 Å². The van der Waals surface area contributed by atoms with Crippen LogP contribution in [0.5, 0.6) is 0 Å². The van der Waals surface area contributed by atoms with Gasteiger partial charge < -0.3 is 14.2 Å². The third-order valence-electron chi connectivity index (χ3n) is 5.00. The minimum Gasteiger partial charge on any atom is -0.375 e. The molecule has 3 heterocycles. The lowest BCUT2D eigenvalue weighted by Crippen LogP contribution is -2.45. The minimum atomic E-state index is -3.10. The van der Waals surface area contributed by atoms with Gasteiger partial charge in [-0.2, -0.15) is 0 Å². The van der Waals surface area contributed by atoms with Crippen LogP contribution in [0.25, 0.3) is 0 Å². The van der Waals surface area contributed by atoms with Crippen molar-refractivity contribution in [3.8, 4) is 0 Å². The third kappa shape index (κ3) is 4.39. The van der Waals surface area contributed by atoms with E-state index in [-0.39, 0.29) is 18.1 Å². The maximum absolute atomic E-state index is 12.4. The van der Waals surface area contributed by atoms with Crippen molar-refractivity contribution in [3.05, 3.63) is 18.2 Å². The van der Waals surface area contributed by atoms with E-state index in [4.69, 9.17) is 4.74 Å². The molecule has 0 aromatic carbocycles. The molecule has 3 rings (SSSR count). The fraction of sp³-hybridized carbons (Fsp3) is 0.750. The maximum Gasteiger partial charge on any atom is 0.289 e. The number of carbonyl (C=O) groups excluding carboxylic acids is 1. The van der Waals surface area contributed by atoms with Gasteiger partial charge in [0.15, 0.2) is 5.82 Å². The molecule has 0 aliphatic carbocycles. The second-order valence-electron chi connectivity index (χ2n) is 6.85. The molecule has 0 spiro atoms. The van der Waals surface area contributed by atoms with E-state index in [2.05, 4.69) is 4.98 Å². The molecule has 0 atom stereocenters. The van der Waals surface area contributed by atoms with E-state index in [0.29, 0.717) is 32.0 Å². The summed E-state index contributed by atoms with van der Waals surface area (Å²) < 4.78 is 32.5. The molecule has 25 heavy (non-hydrogen) atoms. The molecule has 0 radical (unpaired) electrons. The molecule has 1 amide bonds. The largest absolute Gasteiger partial charge is 0.375 e. The summed E-state index contributed by atoms with van der Waals surface area (Å²) in [6.07, 6.45) is 7.99. The Balaban J connectivity index is 1.44. The summed E-state index contributed by atoms with van der Waals surface area (Å²) in [5, 5.41) is 0. The van der Waals surface area contributed by atoms with E-state index >= 15 is 0 Å². The summed E-state index contributed by atoms with van der Waals surface area (Å²) in [6.45, 7) is 2.39. The van der Waals surface area contributed by atoms with Crippen molar-refractivity contribution in [2.24, 2.45) is 7.05 Å². The molecule has 0 unspecified atom stereocenters. The molecule has 2 aliphatic heterocycles. The maximum atomic E-state index is 12.4. The molecule has 9 heteroatoms. The van der Waals surface area contributed by atoms with Gasteiger partial charge in [-0.1, -0.05) is 0 Å². The molecule has 0 saturated carbocycles. The Labute approximate surface area is 148 Å². The zero-order valence-electron chi connectivity index (χ0n) is 14.8. The minimum absolute atomic E-state index is 0.0348. The van der Waals surface area contributed by atoms with Crippen molar-refractivity contribution in [2.45, 2.75) is 37.9 Å². The molecule has 1 aromatic rings. The van der Waals surface area contributed by atoms with E-state index in [1.54, 1.807) is 17.0 Å². The van der Waals surface area contributed by atoms with Crippen LogP contribution in [0.1, 0.15) is 36.3 Å². The van der Waals surface area contributed by atoms with Crippen molar-refractivity contribution < 1.29 is 17.9 Å². The van der Waals surface area contributed by atoms with Crippen LogP contribution in [-0.2, 0) is 21.8 Å².